The SMILES string of the molecule is C#Cc1ccc(F)c(C2C(C#N)=C(N)OC(C)=C2C(=O)OCC)c1. The van der Waals surface area contributed by atoms with Crippen LogP contribution < -0.4 is 5.73 Å². The van der Waals surface area contributed by atoms with E-state index in [9.17, 15) is 14.4 Å². The summed E-state index contributed by atoms with van der Waals surface area (Å²) in [6.07, 6.45) is 5.36. The summed E-state index contributed by atoms with van der Waals surface area (Å²) in [6, 6.07) is 5.90. The number of carbonyl (C=O) groups is 1. The Balaban J connectivity index is 2.72. The fourth-order valence-corrected chi connectivity index (χ4v) is 2.52. The third-order valence-electron chi connectivity index (χ3n) is 3.57. The van der Waals surface area contributed by atoms with Gasteiger partial charge in [-0.25, -0.2) is 9.18 Å². The van der Waals surface area contributed by atoms with Gasteiger partial charge < -0.3 is 15.2 Å². The molecular weight excluding hydrogens is 311 g/mol. The number of nitriles is 1. The number of benzene rings is 1. The predicted octanol–water partition coefficient (Wildman–Crippen LogP) is 2.45. The Labute approximate surface area is 139 Å². The maximum atomic E-state index is 14.4. The minimum absolute atomic E-state index is 0.0238. The molecule has 0 spiro atoms. The molecule has 1 aliphatic rings. The van der Waals surface area contributed by atoms with Gasteiger partial charge in [-0.05, 0) is 32.0 Å². The molecule has 1 atom stereocenters. The number of nitrogens with zero attached hydrogens (tertiary/aromatic N) is 1. The van der Waals surface area contributed by atoms with Crippen LogP contribution in [0.3, 0.4) is 0 Å². The largest absolute Gasteiger partial charge is 0.463 e. The zero-order valence-corrected chi connectivity index (χ0v) is 13.2. The summed E-state index contributed by atoms with van der Waals surface area (Å²) >= 11 is 0. The number of esters is 1. The van der Waals surface area contributed by atoms with Crippen molar-refractivity contribution in [1.29, 1.82) is 5.26 Å². The van der Waals surface area contributed by atoms with Crippen LogP contribution in [0.4, 0.5) is 4.39 Å². The van der Waals surface area contributed by atoms with E-state index in [1.54, 1.807) is 6.92 Å². The molecule has 0 saturated carbocycles. The standard InChI is InChI=1S/C18H15FN2O3/c1-4-11-6-7-14(19)12(8-11)16-13(9-20)17(21)24-10(3)15(16)18(22)23-5-2/h1,6-8,16H,5,21H2,2-3H3. The zero-order chi connectivity index (χ0) is 17.9. The second-order valence-electron chi connectivity index (χ2n) is 5.00. The molecule has 0 amide bonds. The first kappa shape index (κ1) is 17.1. The Morgan fingerprint density at radius 1 is 1.54 bits per heavy atom. The fraction of sp³-hybridized carbons (Fsp3) is 0.222. The van der Waals surface area contributed by atoms with Gasteiger partial charge in [0.1, 0.15) is 23.2 Å². The van der Waals surface area contributed by atoms with Crippen molar-refractivity contribution in [3.63, 3.8) is 0 Å². The third-order valence-corrected chi connectivity index (χ3v) is 3.57. The number of carbonyl (C=O) groups excluding carboxylic acids is 1. The Hall–Kier alpha value is -3.25. The predicted molar refractivity (Wildman–Crippen MR) is 84.3 cm³/mol. The molecule has 5 nitrogen and oxygen atoms in total. The summed E-state index contributed by atoms with van der Waals surface area (Å²) < 4.78 is 24.7. The number of hydrogen-bond donors (Lipinski definition) is 1. The van der Waals surface area contributed by atoms with Gasteiger partial charge in [-0.1, -0.05) is 5.92 Å². The normalized spacial score (nSPS) is 17.0. The maximum absolute atomic E-state index is 14.4. The average Bonchev–Trinajstić information content (AvgIpc) is 2.55. The van der Waals surface area contributed by atoms with Crippen LogP contribution in [0.2, 0.25) is 0 Å². The van der Waals surface area contributed by atoms with Gasteiger partial charge in [0.2, 0.25) is 5.88 Å². The number of terminal acetylenes is 1. The van der Waals surface area contributed by atoms with Gasteiger partial charge >= 0.3 is 5.97 Å². The molecule has 1 aliphatic heterocycles. The Morgan fingerprint density at radius 2 is 2.25 bits per heavy atom. The number of halogens is 1. The molecule has 0 fully saturated rings. The average molecular weight is 326 g/mol. The van der Waals surface area contributed by atoms with E-state index in [1.165, 1.54) is 25.1 Å². The highest BCUT2D eigenvalue weighted by molar-refractivity contribution is 5.92. The van der Waals surface area contributed by atoms with Crippen molar-refractivity contribution in [1.82, 2.24) is 0 Å². The molecule has 0 radical (unpaired) electrons. The van der Waals surface area contributed by atoms with E-state index < -0.39 is 17.7 Å². The van der Waals surface area contributed by atoms with Gasteiger partial charge in [0, 0.05) is 11.1 Å². The Bertz CT molecular complexity index is 841. The lowest BCUT2D eigenvalue weighted by molar-refractivity contribution is -0.139. The van der Waals surface area contributed by atoms with E-state index in [4.69, 9.17) is 21.6 Å². The Morgan fingerprint density at radius 3 is 2.83 bits per heavy atom. The number of allylic oxidation sites excluding steroid dienone is 2. The van der Waals surface area contributed by atoms with E-state index in [2.05, 4.69) is 5.92 Å². The lowest BCUT2D eigenvalue weighted by Crippen LogP contribution is -2.26. The first-order valence-corrected chi connectivity index (χ1v) is 7.16. The third kappa shape index (κ3) is 2.95. The molecular formula is C18H15FN2O3. The molecule has 122 valence electrons. The van der Waals surface area contributed by atoms with Gasteiger partial charge in [-0.3, -0.25) is 0 Å². The van der Waals surface area contributed by atoms with Crippen LogP contribution in [0.5, 0.6) is 0 Å². The summed E-state index contributed by atoms with van der Waals surface area (Å²) in [5.41, 5.74) is 6.18. The minimum atomic E-state index is -1.05. The van der Waals surface area contributed by atoms with Crippen molar-refractivity contribution < 1.29 is 18.7 Å². The van der Waals surface area contributed by atoms with Crippen molar-refractivity contribution >= 4 is 5.97 Å². The Kier molecular flexibility index (Phi) is 4.91. The number of ether oxygens (including phenoxy) is 2. The summed E-state index contributed by atoms with van der Waals surface area (Å²) in [5.74, 6) is 0.00606. The second kappa shape index (κ2) is 6.89. The highest BCUT2D eigenvalue weighted by atomic mass is 19.1. The molecule has 0 aromatic heterocycles. The summed E-state index contributed by atoms with van der Waals surface area (Å²) in [4.78, 5) is 12.3. The van der Waals surface area contributed by atoms with Crippen molar-refractivity contribution in [2.75, 3.05) is 6.61 Å². The highest BCUT2D eigenvalue weighted by Gasteiger charge is 2.37. The quantitative estimate of drug-likeness (QED) is 0.681. The van der Waals surface area contributed by atoms with Crippen molar-refractivity contribution in [2.45, 2.75) is 19.8 Å². The lowest BCUT2D eigenvalue weighted by atomic mass is 9.82. The molecule has 2 N–H and O–H groups in total. The molecule has 1 heterocycles. The van der Waals surface area contributed by atoms with Gasteiger partial charge in [-0.2, -0.15) is 5.26 Å². The first-order chi connectivity index (χ1) is 11.4. The zero-order valence-electron chi connectivity index (χ0n) is 13.2. The molecule has 1 aromatic rings. The van der Waals surface area contributed by atoms with E-state index in [-0.39, 0.29) is 35.0 Å². The van der Waals surface area contributed by atoms with Gasteiger partial charge in [0.05, 0.1) is 18.1 Å². The molecule has 0 aliphatic carbocycles. The maximum Gasteiger partial charge on any atom is 0.338 e. The first-order valence-electron chi connectivity index (χ1n) is 7.16. The molecule has 1 aromatic carbocycles. The second-order valence-corrected chi connectivity index (χ2v) is 5.00. The van der Waals surface area contributed by atoms with Gasteiger partial charge in [0.25, 0.3) is 0 Å². The van der Waals surface area contributed by atoms with E-state index in [0.717, 1.165) is 0 Å². The molecule has 1 unspecified atom stereocenters. The van der Waals surface area contributed by atoms with E-state index in [0.29, 0.717) is 5.56 Å². The molecule has 0 saturated heterocycles. The van der Waals surface area contributed by atoms with Crippen LogP contribution in [0, 0.1) is 29.5 Å². The summed E-state index contributed by atoms with van der Waals surface area (Å²) in [6.45, 7) is 3.26. The van der Waals surface area contributed by atoms with Crippen LogP contribution in [-0.2, 0) is 14.3 Å². The highest BCUT2D eigenvalue weighted by Crippen LogP contribution is 2.40. The van der Waals surface area contributed by atoms with Crippen LogP contribution in [0.15, 0.2) is 41.0 Å². The van der Waals surface area contributed by atoms with Crippen LogP contribution in [0.1, 0.15) is 30.9 Å². The smallest absolute Gasteiger partial charge is 0.338 e. The number of hydrogen-bond acceptors (Lipinski definition) is 5. The summed E-state index contributed by atoms with van der Waals surface area (Å²) in [5, 5.41) is 9.42. The molecule has 6 heteroatoms. The molecule has 0 bridgehead atoms. The number of nitrogens with two attached hydrogens (primary N) is 1. The van der Waals surface area contributed by atoms with E-state index in [1.807, 2.05) is 6.07 Å². The minimum Gasteiger partial charge on any atom is -0.463 e. The monoisotopic (exact) mass is 326 g/mol. The van der Waals surface area contributed by atoms with Crippen LogP contribution in [0.25, 0.3) is 0 Å². The van der Waals surface area contributed by atoms with Gasteiger partial charge in [-0.15, -0.1) is 6.42 Å². The van der Waals surface area contributed by atoms with Crippen molar-refractivity contribution in [2.24, 2.45) is 5.73 Å². The van der Waals surface area contributed by atoms with E-state index >= 15 is 0 Å². The van der Waals surface area contributed by atoms with Crippen LogP contribution >= 0.6 is 0 Å². The lowest BCUT2D eigenvalue weighted by Gasteiger charge is -2.27. The number of rotatable bonds is 3. The molecule has 2 rings (SSSR count). The summed E-state index contributed by atoms with van der Waals surface area (Å²) in [7, 11) is 0. The van der Waals surface area contributed by atoms with Crippen LogP contribution in [-0.4, -0.2) is 12.6 Å². The van der Waals surface area contributed by atoms with Gasteiger partial charge in [0.15, 0.2) is 0 Å². The van der Waals surface area contributed by atoms with Crippen molar-refractivity contribution in [3.05, 3.63) is 57.9 Å². The van der Waals surface area contributed by atoms with Crippen molar-refractivity contribution in [3.8, 4) is 18.4 Å². The molecule has 24 heavy (non-hydrogen) atoms. The fourth-order valence-electron chi connectivity index (χ4n) is 2.52. The topological polar surface area (TPSA) is 85.3 Å².